The number of pyridine rings is 2. The molecule has 10 N–H and O–H groups in total. The maximum Gasteiger partial charge on any atom is 0.355 e. The third kappa shape index (κ3) is 24.1. The first kappa shape index (κ1) is 80.4. The fraction of sp³-hybridized carbons (Fsp3) is 0.632. The molecule has 0 saturated carbocycles. The highest BCUT2D eigenvalue weighted by Crippen LogP contribution is 2.42. The number of carboxylic acid groups (broad SMARTS) is 2. The van der Waals surface area contributed by atoms with Crippen molar-refractivity contribution >= 4 is 76.1 Å². The van der Waals surface area contributed by atoms with Crippen molar-refractivity contribution in [2.75, 3.05) is 112 Å². The number of nitrogens with two attached hydrogens (primary N) is 1. The van der Waals surface area contributed by atoms with Crippen LogP contribution in [0.1, 0.15) is 133 Å². The number of aromatic nitrogens is 2. The summed E-state index contributed by atoms with van der Waals surface area (Å²) in [7, 11) is 0. The topological polar surface area (TPSA) is 438 Å². The molecule has 0 radical (unpaired) electrons. The van der Waals surface area contributed by atoms with E-state index in [-0.39, 0.29) is 160 Å². The van der Waals surface area contributed by atoms with Gasteiger partial charge in [0.15, 0.2) is 0 Å². The standard InChI is InChI=1S/C68H98N10O22/c1-5-44-45-13-7-8-14-49(45)75-61-46(44)41-78-53(61)39-48-47(64(78)89)42-99-67(92)68(48,6-2)100-66(91)60(43(3)4)76-63(88)52-16-12-26-77(52)65(90)51(40-59(85)86)74-57(82)21-28-94-32-36-98-38-34-96-30-25-71-55(80)18-11-17-54(79)70-23-10-9-15-50(62(87)72-24-19-58(83)84)73-56(81)20-27-93-31-35-97-37-33-95-29-22-69/h7-8,13-14,39,43,50-52,60H,5-6,9-12,15-38,40-42,69H2,1-4H3,(H,70,79)(H,71,80)(H,72,87)(H,73,81)(H,74,82)(H,76,88)(H,83,84)(H,85,86)/t50-,51-,52-,60-,68-/m0/s1. The van der Waals surface area contributed by atoms with Crippen LogP contribution >= 0.6 is 0 Å². The Labute approximate surface area is 579 Å². The average Bonchev–Trinajstić information content (AvgIpc) is 1.49. The van der Waals surface area contributed by atoms with Gasteiger partial charge in [0.2, 0.25) is 47.0 Å². The second kappa shape index (κ2) is 41.9. The van der Waals surface area contributed by atoms with E-state index in [1.165, 1.54) is 4.90 Å². The van der Waals surface area contributed by atoms with E-state index in [0.29, 0.717) is 83.0 Å². The second-order valence-electron chi connectivity index (χ2n) is 24.5. The zero-order valence-corrected chi connectivity index (χ0v) is 57.6. The number of benzene rings is 1. The Morgan fingerprint density at radius 1 is 0.680 bits per heavy atom. The summed E-state index contributed by atoms with van der Waals surface area (Å²) < 4.78 is 45.9. The van der Waals surface area contributed by atoms with Gasteiger partial charge in [0.05, 0.1) is 121 Å². The van der Waals surface area contributed by atoms with Gasteiger partial charge in [-0.1, -0.05) is 45.9 Å². The molecule has 6 rings (SSSR count). The number of nitrogens with one attached hydrogen (secondary N) is 6. The lowest BCUT2D eigenvalue weighted by Crippen LogP contribution is -2.57. The van der Waals surface area contributed by atoms with E-state index in [1.54, 1.807) is 31.4 Å². The molecule has 5 heterocycles. The van der Waals surface area contributed by atoms with Crippen LogP contribution in [0, 0.1) is 5.92 Å². The minimum atomic E-state index is -2.08. The monoisotopic (exact) mass is 1410 g/mol. The zero-order valence-electron chi connectivity index (χ0n) is 57.6. The highest BCUT2D eigenvalue weighted by Gasteiger charge is 2.52. The third-order valence-electron chi connectivity index (χ3n) is 17.0. The summed E-state index contributed by atoms with van der Waals surface area (Å²) >= 11 is 0. The van der Waals surface area contributed by atoms with Gasteiger partial charge in [-0.25, -0.2) is 14.6 Å². The van der Waals surface area contributed by atoms with Crippen LogP contribution < -0.4 is 43.2 Å². The summed E-state index contributed by atoms with van der Waals surface area (Å²) in [5.41, 5.74) is 6.85. The highest BCUT2D eigenvalue weighted by atomic mass is 16.6. The number of carbonyl (C=O) groups is 11. The van der Waals surface area contributed by atoms with Crippen LogP contribution in [-0.4, -0.2) is 226 Å². The van der Waals surface area contributed by atoms with Crippen LogP contribution in [0.25, 0.3) is 22.3 Å². The first-order valence-electron chi connectivity index (χ1n) is 34.3. The number of nitrogens with zero attached hydrogens (tertiary/aromatic N) is 3. The van der Waals surface area contributed by atoms with Crippen molar-refractivity contribution in [1.82, 2.24) is 46.4 Å². The fourth-order valence-corrected chi connectivity index (χ4v) is 11.8. The Morgan fingerprint density at radius 3 is 1.90 bits per heavy atom. The number of aryl methyl sites for hydroxylation is 1. The van der Waals surface area contributed by atoms with Gasteiger partial charge in [-0.3, -0.25) is 47.9 Å². The summed E-state index contributed by atoms with van der Waals surface area (Å²) in [6, 6.07) is 4.33. The number of fused-ring (bicyclic) bond motifs is 5. The predicted molar refractivity (Wildman–Crippen MR) is 358 cm³/mol. The Kier molecular flexibility index (Phi) is 33.7. The van der Waals surface area contributed by atoms with E-state index in [2.05, 4.69) is 31.9 Å². The van der Waals surface area contributed by atoms with Gasteiger partial charge in [0.1, 0.15) is 30.8 Å². The smallest absolute Gasteiger partial charge is 0.355 e. The number of esters is 2. The summed E-state index contributed by atoms with van der Waals surface area (Å²) in [4.78, 5) is 163. The van der Waals surface area contributed by atoms with Gasteiger partial charge in [-0.2, -0.15) is 0 Å². The van der Waals surface area contributed by atoms with Crippen molar-refractivity contribution in [3.8, 4) is 11.4 Å². The van der Waals surface area contributed by atoms with Crippen molar-refractivity contribution in [2.45, 2.75) is 161 Å². The van der Waals surface area contributed by atoms with Crippen molar-refractivity contribution in [2.24, 2.45) is 11.7 Å². The Balaban J connectivity index is 0.831. The second-order valence-corrected chi connectivity index (χ2v) is 24.5. The molecule has 7 amide bonds. The first-order valence-corrected chi connectivity index (χ1v) is 34.3. The number of carboxylic acids is 2. The molecular formula is C68H98N10O22. The summed E-state index contributed by atoms with van der Waals surface area (Å²) in [6.07, 6.45) is 1.37. The van der Waals surface area contributed by atoms with Gasteiger partial charge in [-0.05, 0) is 75.0 Å². The molecular weight excluding hydrogens is 1310 g/mol. The largest absolute Gasteiger partial charge is 0.481 e. The van der Waals surface area contributed by atoms with Crippen molar-refractivity contribution in [1.29, 1.82) is 0 Å². The Morgan fingerprint density at radius 2 is 1.29 bits per heavy atom. The van der Waals surface area contributed by atoms with Crippen molar-refractivity contribution < 1.29 is 101 Å². The Bertz CT molecular complexity index is 3360. The molecule has 3 aliphatic heterocycles. The molecule has 3 aromatic rings. The van der Waals surface area contributed by atoms with Crippen LogP contribution in [-0.2, 0) is 116 Å². The quantitative estimate of drug-likeness (QED) is 0.0218. The number of carbonyl (C=O) groups excluding carboxylic acids is 9. The van der Waals surface area contributed by atoms with Crippen molar-refractivity contribution in [3.63, 3.8) is 0 Å². The Hall–Kier alpha value is -8.53. The molecule has 0 bridgehead atoms. The highest BCUT2D eigenvalue weighted by molar-refractivity contribution is 5.97. The number of amides is 7. The average molecular weight is 1410 g/mol. The number of aliphatic carboxylic acids is 2. The van der Waals surface area contributed by atoms with E-state index in [0.717, 1.165) is 22.0 Å². The molecule has 1 aromatic carbocycles. The maximum absolute atomic E-state index is 14.4. The van der Waals surface area contributed by atoms with Crippen LogP contribution in [0.15, 0.2) is 35.1 Å². The molecule has 1 fully saturated rings. The van der Waals surface area contributed by atoms with E-state index in [1.807, 2.05) is 31.2 Å². The van der Waals surface area contributed by atoms with Crippen molar-refractivity contribution in [3.05, 3.63) is 62.9 Å². The minimum absolute atomic E-state index is 0.0138. The lowest BCUT2D eigenvalue weighted by Gasteiger charge is -2.37. The summed E-state index contributed by atoms with van der Waals surface area (Å²) in [5, 5.41) is 35.6. The number of rotatable bonds is 48. The number of ether oxygens (including phenoxy) is 8. The molecule has 5 atom stereocenters. The number of cyclic esters (lactones) is 1. The van der Waals surface area contributed by atoms with Crippen LogP contribution in [0.5, 0.6) is 0 Å². The van der Waals surface area contributed by atoms with E-state index in [4.69, 9.17) is 53.7 Å². The molecule has 32 nitrogen and oxygen atoms in total. The predicted octanol–water partition coefficient (Wildman–Crippen LogP) is 0.771. The van der Waals surface area contributed by atoms with Crippen LogP contribution in [0.3, 0.4) is 0 Å². The number of likely N-dealkylation sites (tertiary alicyclic amines) is 1. The molecule has 2 aromatic heterocycles. The first-order chi connectivity index (χ1) is 48.1. The van der Waals surface area contributed by atoms with E-state index in [9.17, 15) is 62.6 Å². The summed E-state index contributed by atoms with van der Waals surface area (Å²) in [5.74, 6) is -8.73. The van der Waals surface area contributed by atoms with E-state index >= 15 is 0 Å². The molecule has 100 heavy (non-hydrogen) atoms. The van der Waals surface area contributed by atoms with Gasteiger partial charge in [0.25, 0.3) is 5.56 Å². The normalized spacial score (nSPS) is 16.1. The molecule has 0 unspecified atom stereocenters. The van der Waals surface area contributed by atoms with Crippen LogP contribution in [0.4, 0.5) is 0 Å². The number of hydrogen-bond donors (Lipinski definition) is 9. The fourth-order valence-electron chi connectivity index (χ4n) is 11.8. The molecule has 552 valence electrons. The molecule has 0 aliphatic carbocycles. The number of para-hydroxylation sites is 1. The van der Waals surface area contributed by atoms with Gasteiger partial charge < -0.3 is 95.2 Å². The summed E-state index contributed by atoms with van der Waals surface area (Å²) in [6.45, 7) is 10.3. The van der Waals surface area contributed by atoms with Crippen LogP contribution in [0.2, 0.25) is 0 Å². The van der Waals surface area contributed by atoms with Gasteiger partial charge in [0, 0.05) is 74.9 Å². The van der Waals surface area contributed by atoms with E-state index < -0.39 is 101 Å². The lowest BCUT2D eigenvalue weighted by atomic mass is 9.85. The van der Waals surface area contributed by atoms with Gasteiger partial charge >= 0.3 is 23.9 Å². The zero-order chi connectivity index (χ0) is 72.6. The van der Waals surface area contributed by atoms with Gasteiger partial charge in [-0.15, -0.1) is 0 Å². The molecule has 32 heteroatoms. The third-order valence-corrected chi connectivity index (χ3v) is 17.0. The number of unbranched alkanes of at least 4 members (excludes halogenated alkanes) is 1. The lowest BCUT2D eigenvalue weighted by molar-refractivity contribution is -0.191. The minimum Gasteiger partial charge on any atom is -0.481 e. The maximum atomic E-state index is 14.4. The molecule has 0 spiro atoms. The molecule has 3 aliphatic rings. The number of hydrogen-bond acceptors (Lipinski definition) is 22. The molecule has 1 saturated heterocycles. The SMILES string of the molecule is CCc1c2c(nc3ccccc13)-c1cc3c(c(=O)n1C2)COC(=O)[C@@]3(CC)OC(=O)[C@@H](NC(=O)[C@@H]1CCCN1C(=O)[C@H](CC(=O)O)NC(=O)CCOCCOCCOCCNC(=O)CCCC(=O)NCCCC[C@H](NC(=O)CCOCCOCCOCCN)C(=O)NCCC(=O)O)C(C)C.